The molecule has 148 valence electrons. The fourth-order valence-electron chi connectivity index (χ4n) is 2.77. The molecule has 1 aromatic rings. The molecule has 0 spiro atoms. The third-order valence-electron chi connectivity index (χ3n) is 4.65. The molecule has 2 N–H and O–H groups in total. The Labute approximate surface area is 157 Å². The highest BCUT2D eigenvalue weighted by atomic mass is 16.5. The van der Waals surface area contributed by atoms with Crippen LogP contribution in [0.3, 0.4) is 0 Å². The van der Waals surface area contributed by atoms with Crippen molar-refractivity contribution in [1.82, 2.24) is 10.6 Å². The van der Waals surface area contributed by atoms with Crippen LogP contribution in [-0.2, 0) is 15.9 Å². The Hall–Kier alpha value is -1.53. The number of ether oxygens (including phenoxy) is 2. The summed E-state index contributed by atoms with van der Waals surface area (Å²) in [6, 6.07) is 4.31. The largest absolute Gasteiger partial charge is 0.469 e. The topological polar surface area (TPSA) is 68.0 Å². The summed E-state index contributed by atoms with van der Waals surface area (Å²) in [4.78, 5) is 4.68. The van der Waals surface area contributed by atoms with Gasteiger partial charge in [-0.15, -0.1) is 0 Å². The number of nitrogens with one attached hydrogen (secondary N) is 2. The molecule has 0 radical (unpaired) electrons. The summed E-state index contributed by atoms with van der Waals surface area (Å²) in [6.45, 7) is 9.29. The van der Waals surface area contributed by atoms with E-state index >= 15 is 0 Å². The van der Waals surface area contributed by atoms with Gasteiger partial charge in [-0.3, -0.25) is 4.99 Å². The summed E-state index contributed by atoms with van der Waals surface area (Å²) in [5.74, 6) is 2.52. The predicted octanol–water partition coefficient (Wildman–Crippen LogP) is 2.99. The first kappa shape index (κ1) is 20.8. The molecule has 2 heterocycles. The molecule has 1 aliphatic heterocycles. The summed E-state index contributed by atoms with van der Waals surface area (Å²) < 4.78 is 16.6. The maximum atomic E-state index is 5.81. The monoisotopic (exact) mass is 365 g/mol. The molecular weight excluding hydrogens is 330 g/mol. The molecule has 1 aromatic heterocycles. The molecule has 1 unspecified atom stereocenters. The van der Waals surface area contributed by atoms with E-state index in [0.717, 1.165) is 83.3 Å². The molecule has 6 heteroatoms. The first-order chi connectivity index (χ1) is 12.8. The first-order valence-corrected chi connectivity index (χ1v) is 10.0. The molecule has 1 atom stereocenters. The lowest BCUT2D eigenvalue weighted by molar-refractivity contribution is 0.0205. The zero-order chi connectivity index (χ0) is 18.5. The van der Waals surface area contributed by atoms with Gasteiger partial charge in [-0.05, 0) is 50.7 Å². The fourth-order valence-corrected chi connectivity index (χ4v) is 2.77. The van der Waals surface area contributed by atoms with Gasteiger partial charge in [0.1, 0.15) is 5.76 Å². The van der Waals surface area contributed by atoms with Gasteiger partial charge in [0.05, 0.1) is 6.26 Å². The van der Waals surface area contributed by atoms with Crippen molar-refractivity contribution < 1.29 is 13.9 Å². The van der Waals surface area contributed by atoms with Crippen molar-refractivity contribution in [1.29, 1.82) is 0 Å². The van der Waals surface area contributed by atoms with Crippen molar-refractivity contribution in [3.63, 3.8) is 0 Å². The zero-order valence-corrected chi connectivity index (χ0v) is 16.3. The minimum Gasteiger partial charge on any atom is -0.469 e. The molecular formula is C20H35N3O3. The molecule has 0 aliphatic carbocycles. The third-order valence-corrected chi connectivity index (χ3v) is 4.65. The highest BCUT2D eigenvalue weighted by Crippen LogP contribution is 2.14. The van der Waals surface area contributed by atoms with Crippen molar-refractivity contribution in [3.05, 3.63) is 24.2 Å². The summed E-state index contributed by atoms with van der Waals surface area (Å²) in [6.07, 6.45) is 6.81. The van der Waals surface area contributed by atoms with Crippen LogP contribution in [0.25, 0.3) is 0 Å². The van der Waals surface area contributed by atoms with Gasteiger partial charge >= 0.3 is 0 Å². The average Bonchev–Trinajstić information content (AvgIpc) is 3.18. The minimum absolute atomic E-state index is 0.398. The average molecular weight is 366 g/mol. The second-order valence-electron chi connectivity index (χ2n) is 6.92. The summed E-state index contributed by atoms with van der Waals surface area (Å²) >= 11 is 0. The number of aliphatic imine (C=N–C) groups is 1. The summed E-state index contributed by atoms with van der Waals surface area (Å²) in [5, 5.41) is 6.83. The van der Waals surface area contributed by atoms with Crippen LogP contribution in [0.5, 0.6) is 0 Å². The number of rotatable bonds is 11. The van der Waals surface area contributed by atoms with Crippen LogP contribution in [-0.4, -0.2) is 51.5 Å². The van der Waals surface area contributed by atoms with Crippen molar-refractivity contribution in [2.45, 2.75) is 52.0 Å². The quantitative estimate of drug-likeness (QED) is 0.358. The second kappa shape index (κ2) is 12.8. The summed E-state index contributed by atoms with van der Waals surface area (Å²) in [5.41, 5.74) is 0. The maximum Gasteiger partial charge on any atom is 0.191 e. The van der Waals surface area contributed by atoms with Gasteiger partial charge < -0.3 is 24.5 Å². The van der Waals surface area contributed by atoms with Crippen molar-refractivity contribution in [2.24, 2.45) is 10.9 Å². The Bertz CT molecular complexity index is 485. The molecule has 1 fully saturated rings. The van der Waals surface area contributed by atoms with Crippen molar-refractivity contribution >= 4 is 5.96 Å². The van der Waals surface area contributed by atoms with E-state index in [2.05, 4.69) is 29.5 Å². The molecule has 0 amide bonds. The molecule has 0 saturated carbocycles. The molecule has 0 aromatic carbocycles. The van der Waals surface area contributed by atoms with Crippen LogP contribution in [0.15, 0.2) is 27.8 Å². The number of guanidine groups is 1. The molecule has 2 rings (SSSR count). The van der Waals surface area contributed by atoms with E-state index in [4.69, 9.17) is 13.9 Å². The Kier molecular flexibility index (Phi) is 10.2. The zero-order valence-electron chi connectivity index (χ0n) is 16.3. The Morgan fingerprint density at radius 1 is 1.38 bits per heavy atom. The molecule has 0 bridgehead atoms. The number of hydrogen-bond donors (Lipinski definition) is 2. The highest BCUT2D eigenvalue weighted by molar-refractivity contribution is 5.80. The Morgan fingerprint density at radius 3 is 2.96 bits per heavy atom. The van der Waals surface area contributed by atoms with Gasteiger partial charge in [-0.2, -0.15) is 0 Å². The first-order valence-electron chi connectivity index (χ1n) is 10.0. The molecule has 1 saturated heterocycles. The minimum atomic E-state index is 0.398. The Morgan fingerprint density at radius 2 is 2.23 bits per heavy atom. The number of furan rings is 1. The van der Waals surface area contributed by atoms with Crippen LogP contribution in [0.4, 0.5) is 0 Å². The predicted molar refractivity (Wildman–Crippen MR) is 105 cm³/mol. The normalized spacial score (nSPS) is 17.2. The lowest BCUT2D eigenvalue weighted by atomic mass is 10.0. The van der Waals surface area contributed by atoms with Crippen LogP contribution < -0.4 is 10.6 Å². The molecule has 6 nitrogen and oxygen atoms in total. The van der Waals surface area contributed by atoms with Crippen molar-refractivity contribution in [3.8, 4) is 0 Å². The SMILES string of the molecule is CCC(C)NC(=NCCCOCC1CCOCC1)NCCc1ccco1. The van der Waals surface area contributed by atoms with Gasteiger partial charge in [0, 0.05) is 52.0 Å². The number of hydrogen-bond acceptors (Lipinski definition) is 4. The van der Waals surface area contributed by atoms with E-state index in [1.807, 2.05) is 12.1 Å². The van der Waals surface area contributed by atoms with E-state index in [-0.39, 0.29) is 0 Å². The van der Waals surface area contributed by atoms with Gasteiger partial charge in [-0.25, -0.2) is 0 Å². The van der Waals surface area contributed by atoms with E-state index in [1.54, 1.807) is 6.26 Å². The van der Waals surface area contributed by atoms with E-state index in [9.17, 15) is 0 Å². The van der Waals surface area contributed by atoms with Crippen LogP contribution in [0, 0.1) is 5.92 Å². The standard InChI is InChI=1S/C20H35N3O3/c1-3-17(2)23-20(22-11-7-19-6-4-13-26-19)21-10-5-12-25-16-18-8-14-24-15-9-18/h4,6,13,17-18H,3,5,7-12,14-16H2,1-2H3,(H2,21,22,23). The van der Waals surface area contributed by atoms with E-state index < -0.39 is 0 Å². The van der Waals surface area contributed by atoms with Gasteiger partial charge in [-0.1, -0.05) is 6.92 Å². The summed E-state index contributed by atoms with van der Waals surface area (Å²) in [7, 11) is 0. The number of nitrogens with zero attached hydrogens (tertiary/aromatic N) is 1. The van der Waals surface area contributed by atoms with Gasteiger partial charge in [0.2, 0.25) is 0 Å². The van der Waals surface area contributed by atoms with Crippen LogP contribution in [0.1, 0.15) is 45.3 Å². The smallest absolute Gasteiger partial charge is 0.191 e. The van der Waals surface area contributed by atoms with Crippen LogP contribution >= 0.6 is 0 Å². The highest BCUT2D eigenvalue weighted by Gasteiger charge is 2.13. The molecule has 26 heavy (non-hydrogen) atoms. The third kappa shape index (κ3) is 8.72. The lowest BCUT2D eigenvalue weighted by Gasteiger charge is -2.21. The van der Waals surface area contributed by atoms with Gasteiger partial charge in [0.15, 0.2) is 5.96 Å². The lowest BCUT2D eigenvalue weighted by Crippen LogP contribution is -2.42. The Balaban J connectivity index is 1.62. The molecule has 1 aliphatic rings. The second-order valence-corrected chi connectivity index (χ2v) is 6.92. The van der Waals surface area contributed by atoms with E-state index in [1.165, 1.54) is 0 Å². The fraction of sp³-hybridized carbons (Fsp3) is 0.750. The van der Waals surface area contributed by atoms with E-state index in [0.29, 0.717) is 12.0 Å². The maximum absolute atomic E-state index is 5.81. The van der Waals surface area contributed by atoms with Crippen molar-refractivity contribution in [2.75, 3.05) is 39.5 Å². The van der Waals surface area contributed by atoms with Gasteiger partial charge in [0.25, 0.3) is 0 Å². The van der Waals surface area contributed by atoms with Crippen LogP contribution in [0.2, 0.25) is 0 Å².